The molecular weight excluding hydrogens is 318 g/mol. The highest BCUT2D eigenvalue weighted by atomic mass is 79.9. The fraction of sp³-hybridized carbons (Fsp3) is 0.133. The van der Waals surface area contributed by atoms with Crippen molar-refractivity contribution in [1.82, 2.24) is 4.98 Å². The molecule has 0 saturated carbocycles. The first-order valence-electron chi connectivity index (χ1n) is 6.02. The standard InChI is InChI=1S/C15H12BrN3O/c1-10(16)12-4-2-3-5-13(12)19-15(20)14-7-6-11(8-17)9-18-14/h2-7,9-10H,1H3,(H,19,20). The summed E-state index contributed by atoms with van der Waals surface area (Å²) in [6, 6.07) is 12.6. The number of pyridine rings is 1. The molecule has 1 aromatic carbocycles. The van der Waals surface area contributed by atoms with E-state index in [4.69, 9.17) is 5.26 Å². The van der Waals surface area contributed by atoms with Crippen LogP contribution in [0.3, 0.4) is 0 Å². The van der Waals surface area contributed by atoms with E-state index in [9.17, 15) is 4.79 Å². The van der Waals surface area contributed by atoms with E-state index in [1.54, 1.807) is 6.07 Å². The molecule has 1 N–H and O–H groups in total. The van der Waals surface area contributed by atoms with Crippen molar-refractivity contribution in [3.8, 4) is 6.07 Å². The van der Waals surface area contributed by atoms with Gasteiger partial charge in [0.2, 0.25) is 0 Å². The molecule has 0 aliphatic carbocycles. The van der Waals surface area contributed by atoms with Crippen LogP contribution in [0.5, 0.6) is 0 Å². The summed E-state index contributed by atoms with van der Waals surface area (Å²) in [5.41, 5.74) is 2.44. The Bertz CT molecular complexity index is 660. The number of halogens is 1. The third-order valence-electron chi connectivity index (χ3n) is 2.76. The Morgan fingerprint density at radius 1 is 1.35 bits per heavy atom. The van der Waals surface area contributed by atoms with Crippen molar-refractivity contribution in [2.75, 3.05) is 5.32 Å². The third kappa shape index (κ3) is 3.22. The number of alkyl halides is 1. The van der Waals surface area contributed by atoms with Gasteiger partial charge in [-0.15, -0.1) is 0 Å². The topological polar surface area (TPSA) is 65.8 Å². The summed E-state index contributed by atoms with van der Waals surface area (Å²) in [5.74, 6) is -0.296. The van der Waals surface area contributed by atoms with E-state index < -0.39 is 0 Å². The summed E-state index contributed by atoms with van der Waals surface area (Å²) >= 11 is 3.50. The van der Waals surface area contributed by atoms with Gasteiger partial charge in [-0.3, -0.25) is 4.79 Å². The van der Waals surface area contributed by atoms with E-state index in [-0.39, 0.29) is 16.4 Å². The number of nitriles is 1. The molecule has 1 unspecified atom stereocenters. The fourth-order valence-electron chi connectivity index (χ4n) is 1.74. The van der Waals surface area contributed by atoms with Gasteiger partial charge in [0.25, 0.3) is 5.91 Å². The summed E-state index contributed by atoms with van der Waals surface area (Å²) in [5, 5.41) is 11.5. The normalized spacial score (nSPS) is 11.4. The molecule has 4 nitrogen and oxygen atoms in total. The van der Waals surface area contributed by atoms with Gasteiger partial charge < -0.3 is 5.32 Å². The van der Waals surface area contributed by atoms with Crippen molar-refractivity contribution in [3.05, 3.63) is 59.4 Å². The van der Waals surface area contributed by atoms with Crippen molar-refractivity contribution >= 4 is 27.5 Å². The molecule has 1 amide bonds. The van der Waals surface area contributed by atoms with E-state index >= 15 is 0 Å². The maximum absolute atomic E-state index is 12.1. The van der Waals surface area contributed by atoms with Gasteiger partial charge in [0, 0.05) is 16.7 Å². The van der Waals surface area contributed by atoms with Crippen molar-refractivity contribution in [2.45, 2.75) is 11.8 Å². The smallest absolute Gasteiger partial charge is 0.274 e. The Labute approximate surface area is 125 Å². The van der Waals surface area contributed by atoms with Crippen LogP contribution >= 0.6 is 15.9 Å². The van der Waals surface area contributed by atoms with Crippen molar-refractivity contribution in [1.29, 1.82) is 5.26 Å². The van der Waals surface area contributed by atoms with E-state index in [2.05, 4.69) is 26.2 Å². The van der Waals surface area contributed by atoms with Crippen LogP contribution in [0.25, 0.3) is 0 Å². The molecule has 2 rings (SSSR count). The van der Waals surface area contributed by atoms with Crippen LogP contribution in [0.1, 0.15) is 33.4 Å². The summed E-state index contributed by atoms with van der Waals surface area (Å²) in [4.78, 5) is 16.2. The third-order valence-corrected chi connectivity index (χ3v) is 3.26. The monoisotopic (exact) mass is 329 g/mol. The van der Waals surface area contributed by atoms with Gasteiger partial charge in [0.05, 0.1) is 5.56 Å². The highest BCUT2D eigenvalue weighted by Gasteiger charge is 2.12. The zero-order valence-electron chi connectivity index (χ0n) is 10.8. The van der Waals surface area contributed by atoms with Crippen LogP contribution in [-0.2, 0) is 0 Å². The lowest BCUT2D eigenvalue weighted by Gasteiger charge is -2.12. The molecule has 100 valence electrons. The molecule has 0 aliphatic rings. The van der Waals surface area contributed by atoms with E-state index in [0.717, 1.165) is 11.3 Å². The maximum atomic E-state index is 12.1. The second-order valence-electron chi connectivity index (χ2n) is 4.20. The SMILES string of the molecule is CC(Br)c1ccccc1NC(=O)c1ccc(C#N)cn1. The summed E-state index contributed by atoms with van der Waals surface area (Å²) in [6.45, 7) is 1.99. The first kappa shape index (κ1) is 14.2. The molecule has 0 saturated heterocycles. The van der Waals surface area contributed by atoms with Crippen molar-refractivity contribution < 1.29 is 4.79 Å². The average molecular weight is 330 g/mol. The number of hydrogen-bond donors (Lipinski definition) is 1. The second-order valence-corrected chi connectivity index (χ2v) is 5.57. The molecule has 0 bridgehead atoms. The van der Waals surface area contributed by atoms with Gasteiger partial charge in [-0.05, 0) is 30.7 Å². The Kier molecular flexibility index (Phi) is 4.49. The van der Waals surface area contributed by atoms with Crippen LogP contribution in [0.2, 0.25) is 0 Å². The number of aromatic nitrogens is 1. The number of nitrogens with one attached hydrogen (secondary N) is 1. The minimum Gasteiger partial charge on any atom is -0.320 e. The highest BCUT2D eigenvalue weighted by molar-refractivity contribution is 9.09. The predicted molar refractivity (Wildman–Crippen MR) is 80.7 cm³/mol. The molecule has 1 atom stereocenters. The minimum absolute atomic E-state index is 0.132. The number of amides is 1. The zero-order chi connectivity index (χ0) is 14.5. The van der Waals surface area contributed by atoms with Gasteiger partial charge in [-0.25, -0.2) is 4.98 Å². The maximum Gasteiger partial charge on any atom is 0.274 e. The molecule has 0 fully saturated rings. The first-order chi connectivity index (χ1) is 9.61. The molecule has 1 heterocycles. The Morgan fingerprint density at radius 2 is 2.10 bits per heavy atom. The van der Waals surface area contributed by atoms with Crippen molar-refractivity contribution in [3.63, 3.8) is 0 Å². The lowest BCUT2D eigenvalue weighted by atomic mass is 10.1. The van der Waals surface area contributed by atoms with Gasteiger partial charge in [0.1, 0.15) is 11.8 Å². The molecule has 0 aliphatic heterocycles. The van der Waals surface area contributed by atoms with Gasteiger partial charge >= 0.3 is 0 Å². The van der Waals surface area contributed by atoms with Gasteiger partial charge in [-0.1, -0.05) is 34.1 Å². The average Bonchev–Trinajstić information content (AvgIpc) is 2.47. The number of benzene rings is 1. The number of anilines is 1. The fourth-order valence-corrected chi connectivity index (χ4v) is 2.14. The molecule has 0 spiro atoms. The summed E-state index contributed by atoms with van der Waals surface area (Å²) in [7, 11) is 0. The highest BCUT2D eigenvalue weighted by Crippen LogP contribution is 2.28. The van der Waals surface area contributed by atoms with E-state index in [1.165, 1.54) is 12.3 Å². The molecule has 5 heteroatoms. The van der Waals surface area contributed by atoms with Crippen molar-refractivity contribution in [2.24, 2.45) is 0 Å². The van der Waals surface area contributed by atoms with Gasteiger partial charge in [0.15, 0.2) is 0 Å². The molecule has 1 aromatic heterocycles. The molecule has 0 radical (unpaired) electrons. The van der Waals surface area contributed by atoms with Gasteiger partial charge in [-0.2, -0.15) is 5.26 Å². The van der Waals surface area contributed by atoms with E-state index in [1.807, 2.05) is 37.3 Å². The number of carbonyl (C=O) groups excluding carboxylic acids is 1. The number of rotatable bonds is 3. The predicted octanol–water partition coefficient (Wildman–Crippen LogP) is 3.66. The van der Waals surface area contributed by atoms with E-state index in [0.29, 0.717) is 5.56 Å². The Morgan fingerprint density at radius 3 is 2.70 bits per heavy atom. The quantitative estimate of drug-likeness (QED) is 0.874. The zero-order valence-corrected chi connectivity index (χ0v) is 12.4. The number of para-hydroxylation sites is 1. The Balaban J connectivity index is 2.21. The van der Waals surface area contributed by atoms with Crippen LogP contribution in [0.4, 0.5) is 5.69 Å². The lowest BCUT2D eigenvalue weighted by molar-refractivity contribution is 0.102. The summed E-state index contributed by atoms with van der Waals surface area (Å²) in [6.07, 6.45) is 1.38. The molecule has 20 heavy (non-hydrogen) atoms. The largest absolute Gasteiger partial charge is 0.320 e. The number of nitrogens with zero attached hydrogens (tertiary/aromatic N) is 2. The second kappa shape index (κ2) is 6.31. The number of hydrogen-bond acceptors (Lipinski definition) is 3. The van der Waals surface area contributed by atoms with Crippen LogP contribution in [0, 0.1) is 11.3 Å². The summed E-state index contributed by atoms with van der Waals surface area (Å²) < 4.78 is 0. The van der Waals surface area contributed by atoms with Crippen LogP contribution in [0.15, 0.2) is 42.6 Å². The lowest BCUT2D eigenvalue weighted by Crippen LogP contribution is -2.14. The molecule has 2 aromatic rings. The molecular formula is C15H12BrN3O. The Hall–Kier alpha value is -2.19. The number of carbonyl (C=O) groups is 1. The first-order valence-corrected chi connectivity index (χ1v) is 6.94. The van der Waals surface area contributed by atoms with Crippen LogP contribution in [-0.4, -0.2) is 10.9 Å². The van der Waals surface area contributed by atoms with Crippen LogP contribution < -0.4 is 5.32 Å². The minimum atomic E-state index is -0.296.